The molecule has 0 saturated carbocycles. The molecule has 3 N–H and O–H groups in total. The van der Waals surface area contributed by atoms with Crippen molar-refractivity contribution in [2.45, 2.75) is 13.3 Å². The summed E-state index contributed by atoms with van der Waals surface area (Å²) in [7, 11) is 0. The van der Waals surface area contributed by atoms with Crippen LogP contribution < -0.4 is 16.0 Å². The summed E-state index contributed by atoms with van der Waals surface area (Å²) in [6, 6.07) is 15.5. The molecule has 0 aliphatic carbocycles. The van der Waals surface area contributed by atoms with Crippen molar-refractivity contribution in [2.75, 3.05) is 16.0 Å². The Morgan fingerprint density at radius 1 is 0.968 bits per heavy atom. The minimum absolute atomic E-state index is 0.404. The first-order valence-electron chi connectivity index (χ1n) is 9.74. The second-order valence-corrected chi connectivity index (χ2v) is 7.01. The Balaban J connectivity index is 1.53. The zero-order valence-electron chi connectivity index (χ0n) is 16.8. The van der Waals surface area contributed by atoms with Crippen molar-refractivity contribution in [3.8, 4) is 11.3 Å². The largest absolute Gasteiger partial charge is 0.449 e. The average molecular weight is 412 g/mol. The van der Waals surface area contributed by atoms with Crippen LogP contribution in [-0.2, 0) is 4.74 Å². The normalized spacial score (nSPS) is 15.8. The van der Waals surface area contributed by atoms with Crippen molar-refractivity contribution in [1.82, 2.24) is 15.0 Å². The highest BCUT2D eigenvalue weighted by atomic mass is 16.5. The van der Waals surface area contributed by atoms with E-state index in [-0.39, 0.29) is 0 Å². The zero-order chi connectivity index (χ0) is 21.2. The lowest BCUT2D eigenvalue weighted by Gasteiger charge is -2.24. The Labute approximate surface area is 179 Å². The molecule has 31 heavy (non-hydrogen) atoms. The number of anilines is 3. The van der Waals surface area contributed by atoms with E-state index in [0.29, 0.717) is 23.2 Å². The summed E-state index contributed by atoms with van der Waals surface area (Å²) in [6.45, 7) is 1.96. The van der Waals surface area contributed by atoms with E-state index in [1.165, 1.54) is 0 Å². The van der Waals surface area contributed by atoms with Gasteiger partial charge in [-0.15, -0.1) is 0 Å². The summed E-state index contributed by atoms with van der Waals surface area (Å²) in [5.41, 5.74) is 10.0. The number of hydrogen-bond acceptors (Lipinski definition) is 8. The van der Waals surface area contributed by atoms with E-state index in [4.69, 9.17) is 14.9 Å². The number of benzene rings is 1. The maximum absolute atomic E-state index is 6.30. The lowest BCUT2D eigenvalue weighted by molar-refractivity contribution is 0.214. The van der Waals surface area contributed by atoms with Crippen LogP contribution in [0.3, 0.4) is 0 Å². The van der Waals surface area contributed by atoms with E-state index >= 15 is 0 Å². The molecule has 1 unspecified atom stereocenters. The predicted octanol–water partition coefficient (Wildman–Crippen LogP) is 4.33. The van der Waals surface area contributed by atoms with Gasteiger partial charge in [-0.2, -0.15) is 0 Å². The maximum Gasteiger partial charge on any atom is 0.306 e. The van der Waals surface area contributed by atoms with Gasteiger partial charge in [0.1, 0.15) is 0 Å². The molecule has 1 atom stereocenters. The van der Waals surface area contributed by atoms with E-state index in [0.717, 1.165) is 22.5 Å². The van der Waals surface area contributed by atoms with E-state index in [1.54, 1.807) is 31.0 Å². The summed E-state index contributed by atoms with van der Waals surface area (Å²) in [4.78, 5) is 14.6. The van der Waals surface area contributed by atoms with Gasteiger partial charge in [0.2, 0.25) is 0 Å². The van der Waals surface area contributed by atoms with Crippen LogP contribution in [0.4, 0.5) is 17.4 Å². The number of ether oxygens (including phenoxy) is 1. The molecule has 3 aromatic heterocycles. The quantitative estimate of drug-likeness (QED) is 0.467. The molecule has 1 aliphatic rings. The molecule has 0 fully saturated rings. The third kappa shape index (κ3) is 3.66. The summed E-state index contributed by atoms with van der Waals surface area (Å²) in [6.07, 6.45) is 8.01. The number of hydrogen-bond donors (Lipinski definition) is 2. The van der Waals surface area contributed by atoms with Crippen LogP contribution in [0.5, 0.6) is 0 Å². The highest BCUT2D eigenvalue weighted by molar-refractivity contribution is 5.71. The number of nitrogens with zero attached hydrogens (tertiary/aromatic N) is 4. The molecule has 0 saturated heterocycles. The zero-order valence-corrected chi connectivity index (χ0v) is 16.8. The highest BCUT2D eigenvalue weighted by Crippen LogP contribution is 2.37. The summed E-state index contributed by atoms with van der Waals surface area (Å²) in [5, 5.41) is 3.36. The van der Waals surface area contributed by atoms with Gasteiger partial charge in [-0.05, 0) is 49.4 Å². The first-order valence-corrected chi connectivity index (χ1v) is 9.74. The smallest absolute Gasteiger partial charge is 0.306 e. The molecule has 8 nitrogen and oxygen atoms in total. The monoisotopic (exact) mass is 412 g/mol. The minimum atomic E-state index is -0.578. The Hall–Kier alpha value is -4.33. The Morgan fingerprint density at radius 2 is 1.84 bits per heavy atom. The Kier molecular flexibility index (Phi) is 4.72. The molecule has 4 aromatic rings. The molecule has 8 heteroatoms. The van der Waals surface area contributed by atoms with Crippen molar-refractivity contribution in [3.63, 3.8) is 0 Å². The molecule has 1 aromatic carbocycles. The average Bonchev–Trinajstić information content (AvgIpc) is 3.40. The number of nitrogens with two attached hydrogens (primary N) is 1. The number of nitrogen functional groups attached to an aromatic ring is 1. The van der Waals surface area contributed by atoms with Gasteiger partial charge < -0.3 is 20.2 Å². The number of pyridine rings is 2. The molecule has 0 amide bonds. The van der Waals surface area contributed by atoms with Crippen LogP contribution in [0.2, 0.25) is 0 Å². The van der Waals surface area contributed by atoms with E-state index in [9.17, 15) is 0 Å². The number of nitrogens with one attached hydrogen (secondary N) is 1. The molecule has 154 valence electrons. The molecule has 0 radical (unpaired) electrons. The van der Waals surface area contributed by atoms with E-state index in [2.05, 4.69) is 20.3 Å². The lowest BCUT2D eigenvalue weighted by Crippen LogP contribution is -2.37. The van der Waals surface area contributed by atoms with Gasteiger partial charge in [-0.25, -0.2) is 9.88 Å². The minimum Gasteiger partial charge on any atom is -0.449 e. The first kappa shape index (κ1) is 18.7. The van der Waals surface area contributed by atoms with Crippen LogP contribution in [0, 0.1) is 0 Å². The third-order valence-corrected chi connectivity index (χ3v) is 4.92. The van der Waals surface area contributed by atoms with Crippen LogP contribution in [-0.4, -0.2) is 21.3 Å². The standard InChI is InChI=1S/C23H20N6O2/c1-15-21(16-7-10-25-11-8-16)31-23(28-19-6-2-5-18(24)12-19)29(15)22-27-14-20(30-22)17-4-3-9-26-13-17/h2-14,23,28H,24H2,1H3. The number of rotatable bonds is 5. The lowest BCUT2D eigenvalue weighted by atomic mass is 10.2. The predicted molar refractivity (Wildman–Crippen MR) is 118 cm³/mol. The number of oxazole rings is 1. The second kappa shape index (κ2) is 7.83. The van der Waals surface area contributed by atoms with Gasteiger partial charge in [0.05, 0.1) is 11.9 Å². The van der Waals surface area contributed by atoms with Gasteiger partial charge in [0, 0.05) is 47.3 Å². The van der Waals surface area contributed by atoms with Gasteiger partial charge in [0.15, 0.2) is 11.5 Å². The van der Waals surface area contributed by atoms with Crippen LogP contribution in [0.25, 0.3) is 17.1 Å². The van der Waals surface area contributed by atoms with E-state index < -0.39 is 6.35 Å². The van der Waals surface area contributed by atoms with Crippen LogP contribution >= 0.6 is 0 Å². The fourth-order valence-corrected chi connectivity index (χ4v) is 3.44. The summed E-state index contributed by atoms with van der Waals surface area (Å²) in [5.74, 6) is 1.33. The second-order valence-electron chi connectivity index (χ2n) is 7.01. The van der Waals surface area contributed by atoms with E-state index in [1.807, 2.05) is 60.4 Å². The SMILES string of the molecule is CC1=C(c2ccncc2)OC(Nc2cccc(N)c2)N1c1ncc(-c2cccnc2)o1. The van der Waals surface area contributed by atoms with Crippen LogP contribution in [0.1, 0.15) is 12.5 Å². The first-order chi connectivity index (χ1) is 15.2. The van der Waals surface area contributed by atoms with Gasteiger partial charge >= 0.3 is 6.01 Å². The Bertz CT molecular complexity index is 1220. The molecular weight excluding hydrogens is 392 g/mol. The molecule has 0 bridgehead atoms. The molecule has 5 rings (SSSR count). The van der Waals surface area contributed by atoms with Crippen molar-refractivity contribution in [2.24, 2.45) is 0 Å². The molecule has 0 spiro atoms. The Morgan fingerprint density at radius 3 is 2.61 bits per heavy atom. The van der Waals surface area contributed by atoms with Gasteiger partial charge in [0.25, 0.3) is 6.35 Å². The van der Waals surface area contributed by atoms with Gasteiger partial charge in [-0.3, -0.25) is 9.97 Å². The van der Waals surface area contributed by atoms with Gasteiger partial charge in [-0.1, -0.05) is 6.07 Å². The fraction of sp³-hybridized carbons (Fsp3) is 0.0870. The van der Waals surface area contributed by atoms with Crippen molar-refractivity contribution in [3.05, 3.63) is 90.8 Å². The topological polar surface area (TPSA) is 102 Å². The fourth-order valence-electron chi connectivity index (χ4n) is 3.44. The number of allylic oxidation sites excluding steroid dienone is 1. The summed E-state index contributed by atoms with van der Waals surface area (Å²) < 4.78 is 12.4. The molecular formula is C23H20N6O2. The highest BCUT2D eigenvalue weighted by Gasteiger charge is 2.36. The number of aromatic nitrogens is 3. The maximum atomic E-state index is 6.30. The molecule has 4 heterocycles. The summed E-state index contributed by atoms with van der Waals surface area (Å²) >= 11 is 0. The van der Waals surface area contributed by atoms with Crippen molar-refractivity contribution < 1.29 is 9.15 Å². The van der Waals surface area contributed by atoms with Crippen LogP contribution in [0.15, 0.2) is 89.6 Å². The van der Waals surface area contributed by atoms with Crippen molar-refractivity contribution in [1.29, 1.82) is 0 Å². The third-order valence-electron chi connectivity index (χ3n) is 4.92. The van der Waals surface area contributed by atoms with Crippen molar-refractivity contribution >= 4 is 23.1 Å². The molecule has 1 aliphatic heterocycles.